The molecule has 1 saturated carbocycles. The number of nitrogens with zero attached hydrogens (tertiary/aromatic N) is 3. The summed E-state index contributed by atoms with van der Waals surface area (Å²) in [6.45, 7) is 1.10. The quantitative estimate of drug-likeness (QED) is 0.912. The Morgan fingerprint density at radius 3 is 2.82 bits per heavy atom. The number of hydrogen-bond acceptors (Lipinski definition) is 3. The van der Waals surface area contributed by atoms with Crippen molar-refractivity contribution in [3.8, 4) is 0 Å². The molecule has 2 aliphatic rings. The van der Waals surface area contributed by atoms with Crippen molar-refractivity contribution in [2.45, 2.75) is 44.2 Å². The number of hydrogen-bond donors (Lipinski definition) is 1. The lowest BCUT2D eigenvalue weighted by Crippen LogP contribution is -2.39. The molecule has 122 valence electrons. The average Bonchev–Trinajstić information content (AvgIpc) is 3.16. The predicted molar refractivity (Wildman–Crippen MR) is 71.8 cm³/mol. The first-order chi connectivity index (χ1) is 10.4. The molecule has 3 atom stereocenters. The second kappa shape index (κ2) is 5.89. The van der Waals surface area contributed by atoms with Crippen LogP contribution in [-0.4, -0.2) is 45.3 Å². The number of rotatable bonds is 2. The lowest BCUT2D eigenvalue weighted by atomic mass is 9.80. The van der Waals surface area contributed by atoms with Crippen LogP contribution in [0, 0.1) is 11.8 Å². The summed E-state index contributed by atoms with van der Waals surface area (Å²) < 4.78 is 38.6. The molecule has 2 fully saturated rings. The Kier molecular flexibility index (Phi) is 4.10. The summed E-state index contributed by atoms with van der Waals surface area (Å²) in [4.78, 5) is 18.3. The molecule has 0 bridgehead atoms. The van der Waals surface area contributed by atoms with Gasteiger partial charge in [-0.15, -0.1) is 0 Å². The fourth-order valence-corrected chi connectivity index (χ4v) is 3.56. The van der Waals surface area contributed by atoms with Crippen LogP contribution in [0.4, 0.5) is 13.2 Å². The second-order valence-electron chi connectivity index (χ2n) is 6.24. The third-order valence-electron chi connectivity index (χ3n) is 4.81. The van der Waals surface area contributed by atoms with Crippen LogP contribution in [0.15, 0.2) is 6.33 Å². The number of carbonyl (C=O) groups excluding carboxylic acids is 1. The van der Waals surface area contributed by atoms with E-state index in [2.05, 4.69) is 15.2 Å². The van der Waals surface area contributed by atoms with E-state index in [1.165, 1.54) is 6.33 Å². The van der Waals surface area contributed by atoms with Gasteiger partial charge in [-0.05, 0) is 25.7 Å². The van der Waals surface area contributed by atoms with Crippen LogP contribution < -0.4 is 0 Å². The third-order valence-corrected chi connectivity index (χ3v) is 4.81. The van der Waals surface area contributed by atoms with Crippen molar-refractivity contribution < 1.29 is 18.0 Å². The topological polar surface area (TPSA) is 61.9 Å². The monoisotopic (exact) mass is 316 g/mol. The van der Waals surface area contributed by atoms with Gasteiger partial charge in [-0.3, -0.25) is 9.89 Å². The van der Waals surface area contributed by atoms with Gasteiger partial charge >= 0.3 is 6.18 Å². The Hall–Kier alpha value is -1.60. The summed E-state index contributed by atoms with van der Waals surface area (Å²) in [5, 5.41) is 6.60. The Balaban J connectivity index is 1.60. The molecule has 1 aliphatic carbocycles. The third kappa shape index (κ3) is 3.10. The van der Waals surface area contributed by atoms with E-state index in [4.69, 9.17) is 0 Å². The highest BCUT2D eigenvalue weighted by Crippen LogP contribution is 2.41. The van der Waals surface area contributed by atoms with Crippen LogP contribution in [0.25, 0.3) is 0 Å². The van der Waals surface area contributed by atoms with Gasteiger partial charge in [-0.2, -0.15) is 18.3 Å². The van der Waals surface area contributed by atoms with E-state index in [0.29, 0.717) is 25.9 Å². The van der Waals surface area contributed by atoms with Crippen molar-refractivity contribution >= 4 is 5.91 Å². The van der Waals surface area contributed by atoms with E-state index in [0.717, 1.165) is 12.2 Å². The van der Waals surface area contributed by atoms with E-state index in [1.54, 1.807) is 4.90 Å². The molecule has 8 heteroatoms. The van der Waals surface area contributed by atoms with E-state index >= 15 is 0 Å². The van der Waals surface area contributed by atoms with Crippen molar-refractivity contribution in [1.29, 1.82) is 0 Å². The van der Waals surface area contributed by atoms with Crippen LogP contribution in [0.5, 0.6) is 0 Å². The minimum atomic E-state index is -4.19. The molecule has 5 nitrogen and oxygen atoms in total. The number of aromatic amines is 1. The summed E-state index contributed by atoms with van der Waals surface area (Å²) in [7, 11) is 0. The maximum Gasteiger partial charge on any atom is 0.391 e. The number of carbonyl (C=O) groups is 1. The lowest BCUT2D eigenvalue weighted by Gasteiger charge is -2.32. The van der Waals surface area contributed by atoms with Gasteiger partial charge < -0.3 is 4.90 Å². The maximum absolute atomic E-state index is 12.9. The molecule has 0 aromatic carbocycles. The van der Waals surface area contributed by atoms with Gasteiger partial charge in [0.1, 0.15) is 12.2 Å². The number of alkyl halides is 3. The Labute approximate surface area is 126 Å². The van der Waals surface area contributed by atoms with Crippen LogP contribution >= 0.6 is 0 Å². The summed E-state index contributed by atoms with van der Waals surface area (Å²) >= 11 is 0. The molecule has 22 heavy (non-hydrogen) atoms. The average molecular weight is 316 g/mol. The standard InChI is InChI=1S/C14H19F3N4O/c15-14(16,17)11-3-1-2-9(6-11)13(22)21-5-4-10(7-21)12-18-8-19-20-12/h8-11H,1-7H2,(H,18,19,20). The number of halogens is 3. The molecule has 0 spiro atoms. The Bertz CT molecular complexity index is 517. The SMILES string of the molecule is O=C(C1CCCC(C(F)(F)F)C1)N1CCC(c2ncn[nH]2)C1. The zero-order valence-electron chi connectivity index (χ0n) is 12.1. The number of amides is 1. The fraction of sp³-hybridized carbons (Fsp3) is 0.786. The summed E-state index contributed by atoms with van der Waals surface area (Å²) in [6, 6.07) is 0. The first-order valence-corrected chi connectivity index (χ1v) is 7.66. The summed E-state index contributed by atoms with van der Waals surface area (Å²) in [5.74, 6) is -1.10. The van der Waals surface area contributed by atoms with Gasteiger partial charge in [0.2, 0.25) is 5.91 Å². The van der Waals surface area contributed by atoms with Crippen molar-refractivity contribution in [2.24, 2.45) is 11.8 Å². The van der Waals surface area contributed by atoms with Crippen LogP contribution in [-0.2, 0) is 4.79 Å². The fourth-order valence-electron chi connectivity index (χ4n) is 3.56. The van der Waals surface area contributed by atoms with Gasteiger partial charge in [0, 0.05) is 24.9 Å². The van der Waals surface area contributed by atoms with Crippen molar-refractivity contribution in [1.82, 2.24) is 20.1 Å². The molecule has 1 aromatic heterocycles. The van der Waals surface area contributed by atoms with Gasteiger partial charge in [-0.25, -0.2) is 4.98 Å². The molecule has 1 aliphatic heterocycles. The second-order valence-corrected chi connectivity index (χ2v) is 6.24. The summed E-state index contributed by atoms with van der Waals surface area (Å²) in [6.07, 6.45) is -0.869. The van der Waals surface area contributed by atoms with Crippen molar-refractivity contribution in [3.05, 3.63) is 12.2 Å². The largest absolute Gasteiger partial charge is 0.391 e. The number of nitrogens with one attached hydrogen (secondary N) is 1. The van der Waals surface area contributed by atoms with Gasteiger partial charge in [0.25, 0.3) is 0 Å². The van der Waals surface area contributed by atoms with E-state index in [9.17, 15) is 18.0 Å². The highest BCUT2D eigenvalue weighted by molar-refractivity contribution is 5.79. The normalized spacial score (nSPS) is 29.8. The molecule has 1 aromatic rings. The molecular weight excluding hydrogens is 297 g/mol. The molecule has 0 radical (unpaired) electrons. The predicted octanol–water partition coefficient (Wildman–Crippen LogP) is 2.49. The molecule has 3 rings (SSSR count). The van der Waals surface area contributed by atoms with Crippen LogP contribution in [0.2, 0.25) is 0 Å². The number of likely N-dealkylation sites (tertiary alicyclic amines) is 1. The smallest absolute Gasteiger partial charge is 0.342 e. The molecule has 3 unspecified atom stereocenters. The number of H-pyrrole nitrogens is 1. The molecule has 1 N–H and O–H groups in total. The molecule has 2 heterocycles. The van der Waals surface area contributed by atoms with E-state index in [1.807, 2.05) is 0 Å². The molecular formula is C14H19F3N4O. The summed E-state index contributed by atoms with van der Waals surface area (Å²) in [5.41, 5.74) is 0. The lowest BCUT2D eigenvalue weighted by molar-refractivity contribution is -0.187. The Morgan fingerprint density at radius 2 is 2.14 bits per heavy atom. The first kappa shape index (κ1) is 15.3. The van der Waals surface area contributed by atoms with Gasteiger partial charge in [0.05, 0.1) is 5.92 Å². The molecule has 1 amide bonds. The van der Waals surface area contributed by atoms with E-state index < -0.39 is 18.0 Å². The Morgan fingerprint density at radius 1 is 1.32 bits per heavy atom. The molecule has 1 saturated heterocycles. The number of aromatic nitrogens is 3. The van der Waals surface area contributed by atoms with Crippen molar-refractivity contribution in [3.63, 3.8) is 0 Å². The van der Waals surface area contributed by atoms with Gasteiger partial charge in [0.15, 0.2) is 0 Å². The zero-order valence-corrected chi connectivity index (χ0v) is 12.1. The van der Waals surface area contributed by atoms with Crippen molar-refractivity contribution in [2.75, 3.05) is 13.1 Å². The minimum absolute atomic E-state index is 0.0637. The maximum atomic E-state index is 12.9. The highest BCUT2D eigenvalue weighted by Gasteiger charge is 2.44. The van der Waals surface area contributed by atoms with E-state index in [-0.39, 0.29) is 24.7 Å². The van der Waals surface area contributed by atoms with Crippen LogP contribution in [0.1, 0.15) is 43.8 Å². The van der Waals surface area contributed by atoms with Crippen LogP contribution in [0.3, 0.4) is 0 Å². The first-order valence-electron chi connectivity index (χ1n) is 7.66. The zero-order chi connectivity index (χ0) is 15.7. The van der Waals surface area contributed by atoms with Gasteiger partial charge in [-0.1, -0.05) is 6.42 Å². The highest BCUT2D eigenvalue weighted by atomic mass is 19.4. The minimum Gasteiger partial charge on any atom is -0.342 e.